The number of amides is 1. The van der Waals surface area contributed by atoms with Gasteiger partial charge in [-0.25, -0.2) is 4.79 Å². The van der Waals surface area contributed by atoms with Crippen LogP contribution in [0.3, 0.4) is 0 Å². The fraction of sp³-hybridized carbons (Fsp3) is 0.273. The van der Waals surface area contributed by atoms with Crippen molar-refractivity contribution in [2.75, 3.05) is 6.61 Å². The Morgan fingerprint density at radius 3 is 2.88 bits per heavy atom. The predicted molar refractivity (Wildman–Crippen MR) is 57.7 cm³/mol. The Kier molecular flexibility index (Phi) is 4.63. The molecule has 88 valence electrons. The Balaban J connectivity index is 2.67. The van der Waals surface area contributed by atoms with Gasteiger partial charge in [0.15, 0.2) is 0 Å². The molecule has 1 atom stereocenters. The third-order valence-electron chi connectivity index (χ3n) is 1.82. The average molecular weight is 233 g/mol. The lowest BCUT2D eigenvalue weighted by atomic mass is 10.3. The standard InChI is InChI=1S/C11H11N3O3/c1-2-17-11(16)9(7-12)14-10(15)8-5-3-4-6-13-8/h3-6,9H,2H2,1H3,(H,14,15)/t9-/m0/s1. The van der Waals surface area contributed by atoms with E-state index in [-0.39, 0.29) is 12.3 Å². The highest BCUT2D eigenvalue weighted by atomic mass is 16.5. The van der Waals surface area contributed by atoms with Crippen LogP contribution in [0, 0.1) is 11.3 Å². The van der Waals surface area contributed by atoms with Crippen molar-refractivity contribution < 1.29 is 14.3 Å². The van der Waals surface area contributed by atoms with Crippen molar-refractivity contribution in [2.45, 2.75) is 13.0 Å². The van der Waals surface area contributed by atoms with E-state index >= 15 is 0 Å². The van der Waals surface area contributed by atoms with Gasteiger partial charge in [-0.05, 0) is 19.1 Å². The topological polar surface area (TPSA) is 92.1 Å². The lowest BCUT2D eigenvalue weighted by Crippen LogP contribution is -2.41. The fourth-order valence-electron chi connectivity index (χ4n) is 1.07. The van der Waals surface area contributed by atoms with Crippen LogP contribution in [0.1, 0.15) is 17.4 Å². The summed E-state index contributed by atoms with van der Waals surface area (Å²) < 4.78 is 4.64. The highest BCUT2D eigenvalue weighted by Gasteiger charge is 2.22. The molecule has 0 aliphatic rings. The highest BCUT2D eigenvalue weighted by molar-refractivity contribution is 5.95. The van der Waals surface area contributed by atoms with Gasteiger partial charge in [-0.15, -0.1) is 0 Å². The van der Waals surface area contributed by atoms with Crippen LogP contribution in [-0.4, -0.2) is 29.5 Å². The van der Waals surface area contributed by atoms with Crippen LogP contribution in [0.25, 0.3) is 0 Å². The third-order valence-corrected chi connectivity index (χ3v) is 1.82. The number of pyridine rings is 1. The third kappa shape index (κ3) is 3.57. The summed E-state index contributed by atoms with van der Waals surface area (Å²) in [6.45, 7) is 1.77. The Morgan fingerprint density at radius 1 is 1.59 bits per heavy atom. The van der Waals surface area contributed by atoms with Crippen LogP contribution in [-0.2, 0) is 9.53 Å². The molecular weight excluding hydrogens is 222 g/mol. The molecule has 1 heterocycles. The van der Waals surface area contributed by atoms with E-state index in [1.807, 2.05) is 0 Å². The van der Waals surface area contributed by atoms with Crippen molar-refractivity contribution in [3.05, 3.63) is 30.1 Å². The summed E-state index contributed by atoms with van der Waals surface area (Å²) >= 11 is 0. The maximum atomic E-state index is 11.6. The Labute approximate surface area is 98.2 Å². The molecule has 0 unspecified atom stereocenters. The number of hydrogen-bond donors (Lipinski definition) is 1. The summed E-state index contributed by atoms with van der Waals surface area (Å²) in [5, 5.41) is 11.0. The second kappa shape index (κ2) is 6.23. The Morgan fingerprint density at radius 2 is 2.35 bits per heavy atom. The molecule has 1 amide bonds. The number of ether oxygens (including phenoxy) is 1. The zero-order valence-electron chi connectivity index (χ0n) is 9.21. The van der Waals surface area contributed by atoms with Gasteiger partial charge in [-0.3, -0.25) is 9.78 Å². The van der Waals surface area contributed by atoms with Gasteiger partial charge in [0.1, 0.15) is 5.69 Å². The van der Waals surface area contributed by atoms with E-state index in [0.29, 0.717) is 0 Å². The molecule has 0 aliphatic carbocycles. The second-order valence-electron chi connectivity index (χ2n) is 3.00. The van der Waals surface area contributed by atoms with E-state index in [1.165, 1.54) is 12.3 Å². The van der Waals surface area contributed by atoms with Gasteiger partial charge in [0, 0.05) is 6.20 Å². The summed E-state index contributed by atoms with van der Waals surface area (Å²) in [6.07, 6.45) is 1.45. The summed E-state index contributed by atoms with van der Waals surface area (Å²) in [5.41, 5.74) is 0.136. The minimum Gasteiger partial charge on any atom is -0.464 e. The van der Waals surface area contributed by atoms with Crippen LogP contribution >= 0.6 is 0 Å². The second-order valence-corrected chi connectivity index (χ2v) is 3.00. The van der Waals surface area contributed by atoms with Crippen LogP contribution < -0.4 is 5.32 Å². The van der Waals surface area contributed by atoms with Gasteiger partial charge < -0.3 is 10.1 Å². The number of nitriles is 1. The minimum absolute atomic E-state index is 0.136. The largest absolute Gasteiger partial charge is 0.464 e. The van der Waals surface area contributed by atoms with E-state index < -0.39 is 17.9 Å². The molecule has 0 aliphatic heterocycles. The SMILES string of the molecule is CCOC(=O)[C@H](C#N)NC(=O)c1ccccn1. The number of carbonyl (C=O) groups excluding carboxylic acids is 2. The normalized spacial score (nSPS) is 11.1. The number of hydrogen-bond acceptors (Lipinski definition) is 5. The van der Waals surface area contributed by atoms with Crippen molar-refractivity contribution in [3.8, 4) is 6.07 Å². The van der Waals surface area contributed by atoms with E-state index in [4.69, 9.17) is 5.26 Å². The summed E-state index contributed by atoms with van der Waals surface area (Å²) in [5.74, 6) is -1.37. The summed E-state index contributed by atoms with van der Waals surface area (Å²) in [4.78, 5) is 26.6. The van der Waals surface area contributed by atoms with E-state index in [0.717, 1.165) is 0 Å². The predicted octanol–water partition coefficient (Wildman–Crippen LogP) is 0.267. The zero-order valence-corrected chi connectivity index (χ0v) is 9.21. The maximum absolute atomic E-state index is 11.6. The highest BCUT2D eigenvalue weighted by Crippen LogP contribution is 1.95. The first kappa shape index (κ1) is 12.6. The lowest BCUT2D eigenvalue weighted by molar-refractivity contribution is -0.143. The summed E-state index contributed by atoms with van der Waals surface area (Å²) in [7, 11) is 0. The molecule has 0 fully saturated rings. The monoisotopic (exact) mass is 233 g/mol. The molecule has 0 bridgehead atoms. The van der Waals surface area contributed by atoms with E-state index in [9.17, 15) is 9.59 Å². The number of nitrogens with zero attached hydrogens (tertiary/aromatic N) is 2. The van der Waals surface area contributed by atoms with Crippen molar-refractivity contribution in [1.82, 2.24) is 10.3 Å². The van der Waals surface area contributed by atoms with Crippen molar-refractivity contribution in [2.24, 2.45) is 0 Å². The Bertz CT molecular complexity index is 439. The van der Waals surface area contributed by atoms with Gasteiger partial charge in [0.05, 0.1) is 12.7 Å². The Hall–Kier alpha value is -2.42. The molecular formula is C11H11N3O3. The van der Waals surface area contributed by atoms with E-state index in [2.05, 4.69) is 15.0 Å². The number of aromatic nitrogens is 1. The molecule has 6 nitrogen and oxygen atoms in total. The van der Waals surface area contributed by atoms with E-state index in [1.54, 1.807) is 25.1 Å². The van der Waals surface area contributed by atoms with Crippen molar-refractivity contribution in [3.63, 3.8) is 0 Å². The smallest absolute Gasteiger partial charge is 0.343 e. The van der Waals surface area contributed by atoms with Crippen LogP contribution in [0.4, 0.5) is 0 Å². The first-order chi connectivity index (χ1) is 8.19. The molecule has 6 heteroatoms. The van der Waals surface area contributed by atoms with Gasteiger partial charge in [0.25, 0.3) is 5.91 Å². The molecule has 0 aromatic carbocycles. The number of nitrogens with one attached hydrogen (secondary N) is 1. The number of esters is 1. The summed E-state index contributed by atoms with van der Waals surface area (Å²) in [6, 6.07) is 5.11. The van der Waals surface area contributed by atoms with Crippen molar-refractivity contribution in [1.29, 1.82) is 5.26 Å². The molecule has 1 aromatic rings. The molecule has 17 heavy (non-hydrogen) atoms. The van der Waals surface area contributed by atoms with Gasteiger partial charge in [-0.2, -0.15) is 5.26 Å². The maximum Gasteiger partial charge on any atom is 0.343 e. The van der Waals surface area contributed by atoms with Gasteiger partial charge in [0.2, 0.25) is 6.04 Å². The van der Waals surface area contributed by atoms with Crippen LogP contribution in [0.5, 0.6) is 0 Å². The molecule has 0 saturated heterocycles. The molecule has 1 N–H and O–H groups in total. The van der Waals surface area contributed by atoms with Crippen molar-refractivity contribution >= 4 is 11.9 Å². The molecule has 0 radical (unpaired) electrons. The average Bonchev–Trinajstić information content (AvgIpc) is 2.37. The van der Waals surface area contributed by atoms with Gasteiger partial charge >= 0.3 is 5.97 Å². The molecule has 0 spiro atoms. The minimum atomic E-state index is -1.32. The number of carbonyl (C=O) groups is 2. The first-order valence-corrected chi connectivity index (χ1v) is 4.97. The zero-order chi connectivity index (χ0) is 12.7. The van der Waals surface area contributed by atoms with Crippen LogP contribution in [0.2, 0.25) is 0 Å². The fourth-order valence-corrected chi connectivity index (χ4v) is 1.07. The molecule has 1 aromatic heterocycles. The van der Waals surface area contributed by atoms with Crippen LogP contribution in [0.15, 0.2) is 24.4 Å². The lowest BCUT2D eigenvalue weighted by Gasteiger charge is -2.09. The number of rotatable bonds is 4. The first-order valence-electron chi connectivity index (χ1n) is 4.97. The molecule has 1 rings (SSSR count). The quantitative estimate of drug-likeness (QED) is 0.753. The van der Waals surface area contributed by atoms with Gasteiger partial charge in [-0.1, -0.05) is 6.07 Å². The molecule has 0 saturated carbocycles.